The average molecular weight is 349 g/mol. The lowest BCUT2D eigenvalue weighted by Gasteiger charge is -2.32. The largest absolute Gasteiger partial charge is 0.416 e. The van der Waals surface area contributed by atoms with Gasteiger partial charge in [-0.2, -0.15) is 13.2 Å². The summed E-state index contributed by atoms with van der Waals surface area (Å²) in [5.41, 5.74) is 1.89. The summed E-state index contributed by atoms with van der Waals surface area (Å²) in [6.07, 6.45) is -2.30. The molecular formula is C20H19F4N. The van der Waals surface area contributed by atoms with Crippen LogP contribution in [0.15, 0.2) is 42.5 Å². The quantitative estimate of drug-likeness (QED) is 0.775. The molecule has 0 amide bonds. The van der Waals surface area contributed by atoms with E-state index in [0.29, 0.717) is 24.4 Å². The van der Waals surface area contributed by atoms with Gasteiger partial charge in [-0.05, 0) is 60.1 Å². The van der Waals surface area contributed by atoms with Crippen LogP contribution in [0.2, 0.25) is 0 Å². The third kappa shape index (κ3) is 3.06. The predicted octanol–water partition coefficient (Wildman–Crippen LogP) is 4.71. The molecule has 1 N–H and O–H groups in total. The van der Waals surface area contributed by atoms with E-state index in [1.165, 1.54) is 24.3 Å². The Balaban J connectivity index is 1.59. The van der Waals surface area contributed by atoms with Gasteiger partial charge in [0.05, 0.1) is 5.56 Å². The minimum Gasteiger partial charge on any atom is -0.313 e. The second kappa shape index (κ2) is 6.13. The minimum atomic E-state index is -4.29. The summed E-state index contributed by atoms with van der Waals surface area (Å²) in [6.45, 7) is 0.699. The van der Waals surface area contributed by atoms with E-state index >= 15 is 0 Å². The van der Waals surface area contributed by atoms with Crippen molar-refractivity contribution in [3.63, 3.8) is 0 Å². The highest BCUT2D eigenvalue weighted by atomic mass is 19.4. The van der Waals surface area contributed by atoms with Gasteiger partial charge in [0.2, 0.25) is 0 Å². The third-order valence-corrected chi connectivity index (χ3v) is 5.65. The van der Waals surface area contributed by atoms with E-state index in [2.05, 4.69) is 5.32 Å². The molecule has 1 aliphatic heterocycles. The summed E-state index contributed by atoms with van der Waals surface area (Å²) in [5, 5.41) is 3.49. The Labute approximate surface area is 144 Å². The Morgan fingerprint density at radius 3 is 2.52 bits per heavy atom. The number of hydrogen-bond acceptors (Lipinski definition) is 1. The molecule has 0 saturated carbocycles. The van der Waals surface area contributed by atoms with Crippen molar-refractivity contribution in [1.82, 2.24) is 5.32 Å². The van der Waals surface area contributed by atoms with Crippen molar-refractivity contribution in [2.45, 2.75) is 37.4 Å². The fourth-order valence-electron chi connectivity index (χ4n) is 4.51. The molecule has 4 rings (SSSR count). The van der Waals surface area contributed by atoms with Gasteiger partial charge in [-0.3, -0.25) is 0 Å². The van der Waals surface area contributed by atoms with Crippen molar-refractivity contribution >= 4 is 0 Å². The summed E-state index contributed by atoms with van der Waals surface area (Å²) in [6, 6.07) is 11.3. The van der Waals surface area contributed by atoms with Gasteiger partial charge in [-0.15, -0.1) is 0 Å². The highest BCUT2D eigenvalue weighted by Gasteiger charge is 2.43. The Hall–Kier alpha value is -1.88. The molecule has 2 aromatic rings. The number of hydrogen-bond donors (Lipinski definition) is 1. The van der Waals surface area contributed by atoms with E-state index in [9.17, 15) is 17.6 Å². The van der Waals surface area contributed by atoms with Crippen LogP contribution in [0.3, 0.4) is 0 Å². The van der Waals surface area contributed by atoms with Crippen LogP contribution in [-0.2, 0) is 19.0 Å². The van der Waals surface area contributed by atoms with Gasteiger partial charge in [0.15, 0.2) is 0 Å². The Bertz CT molecular complexity index is 766. The second-order valence-corrected chi connectivity index (χ2v) is 7.03. The number of rotatable bonds is 2. The monoisotopic (exact) mass is 349 g/mol. The van der Waals surface area contributed by atoms with Crippen molar-refractivity contribution in [3.8, 4) is 0 Å². The van der Waals surface area contributed by atoms with Crippen LogP contribution in [-0.4, -0.2) is 12.6 Å². The number of halogens is 4. The zero-order chi connectivity index (χ0) is 17.6. The summed E-state index contributed by atoms with van der Waals surface area (Å²) < 4.78 is 52.9. The Morgan fingerprint density at radius 2 is 1.80 bits per heavy atom. The van der Waals surface area contributed by atoms with Gasteiger partial charge in [0.1, 0.15) is 5.82 Å². The molecular weight excluding hydrogens is 330 g/mol. The molecule has 0 spiro atoms. The molecule has 2 aromatic carbocycles. The van der Waals surface area contributed by atoms with E-state index < -0.39 is 11.7 Å². The van der Waals surface area contributed by atoms with Crippen LogP contribution in [0.5, 0.6) is 0 Å². The second-order valence-electron chi connectivity index (χ2n) is 7.03. The Kier molecular flexibility index (Phi) is 4.07. The van der Waals surface area contributed by atoms with E-state index in [0.717, 1.165) is 24.0 Å². The molecule has 0 aromatic heterocycles. The predicted molar refractivity (Wildman–Crippen MR) is 87.9 cm³/mol. The fraction of sp³-hybridized carbons (Fsp3) is 0.400. The molecule has 1 aliphatic carbocycles. The molecule has 3 atom stereocenters. The maximum atomic E-state index is 13.3. The first-order chi connectivity index (χ1) is 11.9. The molecule has 0 radical (unpaired) electrons. The van der Waals surface area contributed by atoms with Crippen molar-refractivity contribution in [3.05, 3.63) is 70.5 Å². The summed E-state index contributed by atoms with van der Waals surface area (Å²) in [7, 11) is 0. The van der Waals surface area contributed by atoms with E-state index in [1.807, 2.05) is 6.07 Å². The summed E-state index contributed by atoms with van der Waals surface area (Å²) in [5.74, 6) is 0.185. The average Bonchev–Trinajstić information content (AvgIpc) is 2.99. The molecule has 0 bridgehead atoms. The summed E-state index contributed by atoms with van der Waals surface area (Å²) in [4.78, 5) is 0. The smallest absolute Gasteiger partial charge is 0.313 e. The van der Waals surface area contributed by atoms with Crippen LogP contribution in [0.1, 0.15) is 34.6 Å². The van der Waals surface area contributed by atoms with Crippen LogP contribution in [0.25, 0.3) is 0 Å². The van der Waals surface area contributed by atoms with Crippen LogP contribution < -0.4 is 5.32 Å². The fourth-order valence-corrected chi connectivity index (χ4v) is 4.51. The third-order valence-electron chi connectivity index (χ3n) is 5.65. The topological polar surface area (TPSA) is 12.0 Å². The minimum absolute atomic E-state index is 0.122. The Morgan fingerprint density at radius 1 is 1.04 bits per heavy atom. The molecule has 1 nitrogen and oxygen atoms in total. The molecule has 25 heavy (non-hydrogen) atoms. The van der Waals surface area contributed by atoms with Crippen LogP contribution in [0, 0.1) is 11.7 Å². The summed E-state index contributed by atoms with van der Waals surface area (Å²) >= 11 is 0. The lowest BCUT2D eigenvalue weighted by molar-refractivity contribution is -0.138. The van der Waals surface area contributed by atoms with Crippen molar-refractivity contribution < 1.29 is 17.6 Å². The lowest BCUT2D eigenvalue weighted by Crippen LogP contribution is -2.31. The SMILES string of the molecule is Fc1ccc(CC2NCC3c4cccc(C(F)(F)F)c4CCC23)cc1. The first-order valence-electron chi connectivity index (χ1n) is 8.60. The molecule has 3 unspecified atom stereocenters. The van der Waals surface area contributed by atoms with E-state index in [-0.39, 0.29) is 17.8 Å². The maximum absolute atomic E-state index is 13.3. The zero-order valence-electron chi connectivity index (χ0n) is 13.6. The molecule has 1 fully saturated rings. The molecule has 2 aliphatic rings. The van der Waals surface area contributed by atoms with Crippen LogP contribution >= 0.6 is 0 Å². The van der Waals surface area contributed by atoms with Gasteiger partial charge in [-0.1, -0.05) is 24.3 Å². The molecule has 1 saturated heterocycles. The molecule has 1 heterocycles. The number of nitrogens with one attached hydrogen (secondary N) is 1. The van der Waals surface area contributed by atoms with Crippen LogP contribution in [0.4, 0.5) is 17.6 Å². The normalized spacial score (nSPS) is 25.5. The molecule has 132 valence electrons. The van der Waals surface area contributed by atoms with Crippen molar-refractivity contribution in [1.29, 1.82) is 0 Å². The number of fused-ring (bicyclic) bond motifs is 3. The van der Waals surface area contributed by atoms with Crippen molar-refractivity contribution in [2.75, 3.05) is 6.54 Å². The van der Waals surface area contributed by atoms with Gasteiger partial charge in [-0.25, -0.2) is 4.39 Å². The van der Waals surface area contributed by atoms with Crippen molar-refractivity contribution in [2.24, 2.45) is 5.92 Å². The van der Waals surface area contributed by atoms with Gasteiger partial charge < -0.3 is 5.32 Å². The lowest BCUT2D eigenvalue weighted by atomic mass is 9.72. The highest BCUT2D eigenvalue weighted by molar-refractivity contribution is 5.42. The van der Waals surface area contributed by atoms with E-state index in [4.69, 9.17) is 0 Å². The first-order valence-corrected chi connectivity index (χ1v) is 8.60. The highest BCUT2D eigenvalue weighted by Crippen LogP contribution is 2.45. The number of benzene rings is 2. The van der Waals surface area contributed by atoms with Gasteiger partial charge >= 0.3 is 6.18 Å². The number of alkyl halides is 3. The molecule has 5 heteroatoms. The van der Waals surface area contributed by atoms with Gasteiger partial charge in [0.25, 0.3) is 0 Å². The van der Waals surface area contributed by atoms with Gasteiger partial charge in [0, 0.05) is 18.5 Å². The zero-order valence-corrected chi connectivity index (χ0v) is 13.6. The maximum Gasteiger partial charge on any atom is 0.416 e. The first kappa shape index (κ1) is 16.6. The van der Waals surface area contributed by atoms with E-state index in [1.54, 1.807) is 12.1 Å². The standard InChI is InChI=1S/C20H19F4N/c21-13-6-4-12(5-7-13)10-19-16-9-8-15-14(17(16)11-25-19)2-1-3-18(15)20(22,23)24/h1-7,16-17,19,25H,8-11H2.